The van der Waals surface area contributed by atoms with Crippen LogP contribution in [0.3, 0.4) is 0 Å². The zero-order valence-corrected chi connectivity index (χ0v) is 15.4. The number of aryl methyl sites for hydroxylation is 1. The number of carbonyl (C=O) groups is 2. The maximum Gasteiger partial charge on any atom is 0.306 e. The highest BCUT2D eigenvalue weighted by atomic mass is 16.4. The van der Waals surface area contributed by atoms with Gasteiger partial charge < -0.3 is 15.0 Å². The second-order valence-electron chi connectivity index (χ2n) is 7.81. The number of nitrogens with zero attached hydrogens (tertiary/aromatic N) is 1. The van der Waals surface area contributed by atoms with Crippen LogP contribution in [-0.2, 0) is 4.79 Å². The predicted molar refractivity (Wildman–Crippen MR) is 96.9 cm³/mol. The zero-order valence-electron chi connectivity index (χ0n) is 15.4. The molecule has 1 aromatic rings. The van der Waals surface area contributed by atoms with Crippen molar-refractivity contribution in [2.45, 2.75) is 83.7 Å². The Kier molecular flexibility index (Phi) is 5.50. The van der Waals surface area contributed by atoms with Gasteiger partial charge in [0.2, 0.25) is 0 Å². The Morgan fingerprint density at radius 3 is 2.28 bits per heavy atom. The highest BCUT2D eigenvalue weighted by Gasteiger charge is 2.28. The van der Waals surface area contributed by atoms with Gasteiger partial charge in [0, 0.05) is 23.5 Å². The van der Waals surface area contributed by atoms with Gasteiger partial charge in [-0.2, -0.15) is 0 Å². The number of amides is 1. The first-order valence-corrected chi connectivity index (χ1v) is 9.69. The Bertz CT molecular complexity index is 636. The summed E-state index contributed by atoms with van der Waals surface area (Å²) in [4.78, 5) is 23.8. The van der Waals surface area contributed by atoms with E-state index in [0.717, 1.165) is 24.1 Å². The normalized spacial score (nSPS) is 24.9. The summed E-state index contributed by atoms with van der Waals surface area (Å²) in [7, 11) is 0. The van der Waals surface area contributed by atoms with E-state index in [0.29, 0.717) is 18.9 Å². The van der Waals surface area contributed by atoms with E-state index in [1.54, 1.807) is 0 Å². The van der Waals surface area contributed by atoms with Crippen LogP contribution >= 0.6 is 0 Å². The van der Waals surface area contributed by atoms with Gasteiger partial charge in [0.25, 0.3) is 5.91 Å². The molecule has 5 heteroatoms. The lowest BCUT2D eigenvalue weighted by Gasteiger charge is -2.27. The molecule has 5 nitrogen and oxygen atoms in total. The van der Waals surface area contributed by atoms with Gasteiger partial charge in [0.1, 0.15) is 0 Å². The van der Waals surface area contributed by atoms with Crippen molar-refractivity contribution in [3.05, 3.63) is 23.0 Å². The Hall–Kier alpha value is -1.78. The first kappa shape index (κ1) is 18.0. The quantitative estimate of drug-likeness (QED) is 0.866. The van der Waals surface area contributed by atoms with Crippen molar-refractivity contribution < 1.29 is 14.7 Å². The van der Waals surface area contributed by atoms with Crippen LogP contribution in [0.25, 0.3) is 0 Å². The largest absolute Gasteiger partial charge is 0.481 e. The summed E-state index contributed by atoms with van der Waals surface area (Å²) in [5, 5.41) is 12.2. The van der Waals surface area contributed by atoms with Crippen LogP contribution in [-0.4, -0.2) is 27.6 Å². The summed E-state index contributed by atoms with van der Waals surface area (Å²) in [6.07, 6.45) is 9.10. The van der Waals surface area contributed by atoms with E-state index in [1.165, 1.54) is 37.8 Å². The molecular formula is C20H30N2O3. The lowest BCUT2D eigenvalue weighted by atomic mass is 9.86. The second kappa shape index (κ2) is 7.63. The van der Waals surface area contributed by atoms with Gasteiger partial charge >= 0.3 is 5.97 Å². The van der Waals surface area contributed by atoms with E-state index in [-0.39, 0.29) is 17.9 Å². The van der Waals surface area contributed by atoms with E-state index in [2.05, 4.69) is 23.7 Å². The molecule has 0 bridgehead atoms. The zero-order chi connectivity index (χ0) is 18.0. The third kappa shape index (κ3) is 3.91. The maximum absolute atomic E-state index is 12.8. The lowest BCUT2D eigenvalue weighted by molar-refractivity contribution is -0.142. The minimum Gasteiger partial charge on any atom is -0.481 e. The number of nitrogens with one attached hydrogen (secondary N) is 1. The van der Waals surface area contributed by atoms with Crippen LogP contribution in [0.2, 0.25) is 0 Å². The molecule has 25 heavy (non-hydrogen) atoms. The van der Waals surface area contributed by atoms with Gasteiger partial charge in [-0.15, -0.1) is 0 Å². The van der Waals surface area contributed by atoms with Crippen LogP contribution in [0.15, 0.2) is 6.07 Å². The molecule has 0 unspecified atom stereocenters. The highest BCUT2D eigenvalue weighted by molar-refractivity contribution is 5.96. The summed E-state index contributed by atoms with van der Waals surface area (Å²) >= 11 is 0. The van der Waals surface area contributed by atoms with E-state index in [4.69, 9.17) is 5.11 Å². The fourth-order valence-corrected chi connectivity index (χ4v) is 4.66. The number of carbonyl (C=O) groups excluding carboxylic acids is 1. The van der Waals surface area contributed by atoms with Gasteiger partial charge in [-0.3, -0.25) is 9.59 Å². The number of aromatic nitrogens is 1. The minimum atomic E-state index is -0.708. The SMILES string of the molecule is Cc1cc(C(=O)NC2CCC(C(=O)O)CC2)c(C)n1C1CCCCC1. The third-order valence-corrected chi connectivity index (χ3v) is 6.08. The van der Waals surface area contributed by atoms with Crippen LogP contribution in [0, 0.1) is 19.8 Å². The van der Waals surface area contributed by atoms with Gasteiger partial charge in [0.15, 0.2) is 0 Å². The summed E-state index contributed by atoms with van der Waals surface area (Å²) < 4.78 is 2.36. The number of hydrogen-bond acceptors (Lipinski definition) is 2. The van der Waals surface area contributed by atoms with Crippen molar-refractivity contribution in [3.8, 4) is 0 Å². The van der Waals surface area contributed by atoms with E-state index in [9.17, 15) is 9.59 Å². The van der Waals surface area contributed by atoms with Gasteiger partial charge in [-0.1, -0.05) is 19.3 Å². The maximum atomic E-state index is 12.8. The number of carboxylic acids is 1. The molecule has 1 aromatic heterocycles. The number of hydrogen-bond donors (Lipinski definition) is 2. The molecular weight excluding hydrogens is 316 g/mol. The number of rotatable bonds is 4. The standard InChI is InChI=1S/C20H30N2O3/c1-13-12-18(14(2)22(13)17-6-4-3-5-7-17)19(23)21-16-10-8-15(9-11-16)20(24)25/h12,15-17H,3-11H2,1-2H3,(H,21,23)(H,24,25). The Balaban J connectivity index is 1.66. The minimum absolute atomic E-state index is 0.00562. The molecule has 138 valence electrons. The van der Waals surface area contributed by atoms with Gasteiger partial charge in [-0.05, 0) is 58.4 Å². The van der Waals surface area contributed by atoms with Crippen LogP contribution in [0.1, 0.15) is 85.6 Å². The molecule has 0 atom stereocenters. The Morgan fingerprint density at radius 1 is 1.04 bits per heavy atom. The summed E-state index contributed by atoms with van der Waals surface area (Å²) in [5.74, 6) is -0.959. The first-order valence-electron chi connectivity index (χ1n) is 9.69. The van der Waals surface area contributed by atoms with Crippen molar-refractivity contribution in [2.75, 3.05) is 0 Å². The lowest BCUT2D eigenvalue weighted by Crippen LogP contribution is -2.38. The monoisotopic (exact) mass is 346 g/mol. The van der Waals surface area contributed by atoms with Crippen molar-refractivity contribution in [1.82, 2.24) is 9.88 Å². The molecule has 2 fully saturated rings. The van der Waals surface area contributed by atoms with E-state index < -0.39 is 5.97 Å². The third-order valence-electron chi connectivity index (χ3n) is 6.08. The summed E-state index contributed by atoms with van der Waals surface area (Å²) in [5.41, 5.74) is 3.02. The van der Waals surface area contributed by atoms with Crippen molar-refractivity contribution in [3.63, 3.8) is 0 Å². The molecule has 0 radical (unpaired) electrons. The molecule has 2 N–H and O–H groups in total. The Labute approximate surface area is 149 Å². The van der Waals surface area contributed by atoms with E-state index in [1.807, 2.05) is 6.07 Å². The molecule has 2 aliphatic carbocycles. The molecule has 2 aliphatic rings. The average molecular weight is 346 g/mol. The topological polar surface area (TPSA) is 71.3 Å². The average Bonchev–Trinajstić information content (AvgIpc) is 2.90. The van der Waals surface area contributed by atoms with Crippen molar-refractivity contribution in [2.24, 2.45) is 5.92 Å². The highest BCUT2D eigenvalue weighted by Crippen LogP contribution is 2.32. The molecule has 0 aliphatic heterocycles. The van der Waals surface area contributed by atoms with Crippen LogP contribution in [0.4, 0.5) is 0 Å². The molecule has 1 heterocycles. The number of aliphatic carboxylic acids is 1. The van der Waals surface area contributed by atoms with Crippen LogP contribution < -0.4 is 5.32 Å². The van der Waals surface area contributed by atoms with E-state index >= 15 is 0 Å². The Morgan fingerprint density at radius 2 is 1.68 bits per heavy atom. The fraction of sp³-hybridized carbons (Fsp3) is 0.700. The van der Waals surface area contributed by atoms with Gasteiger partial charge in [-0.25, -0.2) is 0 Å². The van der Waals surface area contributed by atoms with Crippen molar-refractivity contribution >= 4 is 11.9 Å². The molecule has 2 saturated carbocycles. The molecule has 3 rings (SSSR count). The summed E-state index contributed by atoms with van der Waals surface area (Å²) in [6.45, 7) is 4.15. The van der Waals surface area contributed by atoms with Gasteiger partial charge in [0.05, 0.1) is 11.5 Å². The molecule has 0 spiro atoms. The molecule has 0 saturated heterocycles. The van der Waals surface area contributed by atoms with Crippen molar-refractivity contribution in [1.29, 1.82) is 0 Å². The fourth-order valence-electron chi connectivity index (χ4n) is 4.66. The first-order chi connectivity index (χ1) is 12.0. The molecule has 1 amide bonds. The second-order valence-corrected chi connectivity index (χ2v) is 7.81. The predicted octanol–water partition coefficient (Wildman–Crippen LogP) is 3.98. The number of carboxylic acid groups (broad SMARTS) is 1. The smallest absolute Gasteiger partial charge is 0.306 e. The molecule has 0 aromatic carbocycles. The summed E-state index contributed by atoms with van der Waals surface area (Å²) in [6, 6.07) is 2.64. The van der Waals surface area contributed by atoms with Crippen LogP contribution in [0.5, 0.6) is 0 Å².